The summed E-state index contributed by atoms with van der Waals surface area (Å²) in [6.45, 7) is 5.90. The summed E-state index contributed by atoms with van der Waals surface area (Å²) in [6, 6.07) is 0.116. The van der Waals surface area contributed by atoms with Crippen molar-refractivity contribution in [1.82, 2.24) is 15.1 Å². The highest BCUT2D eigenvalue weighted by Crippen LogP contribution is 2.15. The third-order valence-corrected chi connectivity index (χ3v) is 3.13. The molecule has 0 aromatic heterocycles. The zero-order valence-electron chi connectivity index (χ0n) is 10.8. The summed E-state index contributed by atoms with van der Waals surface area (Å²) in [5.41, 5.74) is 0. The molecule has 1 rings (SSSR count). The van der Waals surface area contributed by atoms with Crippen molar-refractivity contribution in [1.29, 1.82) is 0 Å². The number of carbonyl (C=O) groups is 1. The Bertz CT molecular complexity index is 210. The predicted molar refractivity (Wildman–Crippen MR) is 66.5 cm³/mol. The standard InChI is InChI=1S/C12H25N3O/c1-11-5-9-15(10-6-11)12(16)13-7-4-8-14(2)3/h11H,4-10H2,1-3H3,(H,13,16). The number of likely N-dealkylation sites (tertiary alicyclic amines) is 1. The predicted octanol–water partition coefficient (Wildman–Crippen LogP) is 1.38. The van der Waals surface area contributed by atoms with Gasteiger partial charge in [-0.15, -0.1) is 0 Å². The highest BCUT2D eigenvalue weighted by atomic mass is 16.2. The number of urea groups is 1. The Balaban J connectivity index is 2.10. The Hall–Kier alpha value is -0.770. The minimum atomic E-state index is 0.116. The van der Waals surface area contributed by atoms with Gasteiger partial charge in [0.2, 0.25) is 0 Å². The topological polar surface area (TPSA) is 35.6 Å². The molecule has 1 saturated heterocycles. The van der Waals surface area contributed by atoms with E-state index in [-0.39, 0.29) is 6.03 Å². The average Bonchev–Trinajstić information content (AvgIpc) is 2.25. The van der Waals surface area contributed by atoms with Crippen LogP contribution in [-0.2, 0) is 0 Å². The SMILES string of the molecule is CC1CCN(C(=O)NCCCN(C)C)CC1. The van der Waals surface area contributed by atoms with E-state index >= 15 is 0 Å². The molecule has 0 unspecified atom stereocenters. The molecule has 1 N–H and O–H groups in total. The van der Waals surface area contributed by atoms with E-state index in [9.17, 15) is 4.79 Å². The smallest absolute Gasteiger partial charge is 0.317 e. The van der Waals surface area contributed by atoms with Crippen molar-refractivity contribution in [2.75, 3.05) is 40.3 Å². The lowest BCUT2D eigenvalue weighted by Crippen LogP contribution is -2.44. The molecular weight excluding hydrogens is 202 g/mol. The largest absolute Gasteiger partial charge is 0.338 e. The molecule has 1 aliphatic heterocycles. The fourth-order valence-electron chi connectivity index (χ4n) is 1.91. The van der Waals surface area contributed by atoms with Gasteiger partial charge in [-0.3, -0.25) is 0 Å². The maximum absolute atomic E-state index is 11.8. The number of carbonyl (C=O) groups excluding carboxylic acids is 1. The summed E-state index contributed by atoms with van der Waals surface area (Å²) in [5, 5.41) is 2.98. The van der Waals surface area contributed by atoms with Crippen LogP contribution in [0.15, 0.2) is 0 Å². The highest BCUT2D eigenvalue weighted by molar-refractivity contribution is 5.74. The van der Waals surface area contributed by atoms with Crippen LogP contribution in [0.5, 0.6) is 0 Å². The van der Waals surface area contributed by atoms with E-state index in [1.807, 2.05) is 19.0 Å². The van der Waals surface area contributed by atoms with Crippen molar-refractivity contribution in [2.45, 2.75) is 26.2 Å². The Morgan fingerprint density at radius 3 is 2.56 bits per heavy atom. The molecule has 0 aliphatic carbocycles. The van der Waals surface area contributed by atoms with Gasteiger partial charge in [-0.2, -0.15) is 0 Å². The quantitative estimate of drug-likeness (QED) is 0.737. The highest BCUT2D eigenvalue weighted by Gasteiger charge is 2.19. The van der Waals surface area contributed by atoms with Gasteiger partial charge in [0.05, 0.1) is 0 Å². The van der Waals surface area contributed by atoms with Gasteiger partial charge in [0.15, 0.2) is 0 Å². The van der Waals surface area contributed by atoms with E-state index < -0.39 is 0 Å². The molecule has 0 bridgehead atoms. The van der Waals surface area contributed by atoms with Gasteiger partial charge in [-0.1, -0.05) is 6.92 Å². The molecule has 2 amide bonds. The van der Waals surface area contributed by atoms with Crippen molar-refractivity contribution < 1.29 is 4.79 Å². The second kappa shape index (κ2) is 6.74. The molecule has 1 fully saturated rings. The first-order chi connectivity index (χ1) is 7.59. The lowest BCUT2D eigenvalue weighted by molar-refractivity contribution is 0.173. The van der Waals surface area contributed by atoms with E-state index in [0.717, 1.165) is 51.4 Å². The molecule has 4 nitrogen and oxygen atoms in total. The van der Waals surface area contributed by atoms with Crippen LogP contribution in [0.1, 0.15) is 26.2 Å². The third kappa shape index (κ3) is 4.84. The molecule has 0 saturated carbocycles. The first kappa shape index (κ1) is 13.3. The van der Waals surface area contributed by atoms with E-state index in [1.165, 1.54) is 0 Å². The molecule has 4 heteroatoms. The Morgan fingerprint density at radius 1 is 1.38 bits per heavy atom. The molecule has 1 heterocycles. The van der Waals surface area contributed by atoms with Crippen molar-refractivity contribution in [3.05, 3.63) is 0 Å². The van der Waals surface area contributed by atoms with Crippen molar-refractivity contribution in [3.63, 3.8) is 0 Å². The second-order valence-corrected chi connectivity index (χ2v) is 5.06. The minimum Gasteiger partial charge on any atom is -0.338 e. The lowest BCUT2D eigenvalue weighted by atomic mass is 10.00. The summed E-state index contributed by atoms with van der Waals surface area (Å²) in [4.78, 5) is 15.8. The first-order valence-corrected chi connectivity index (χ1v) is 6.27. The van der Waals surface area contributed by atoms with Crippen molar-refractivity contribution >= 4 is 6.03 Å². The van der Waals surface area contributed by atoms with Crippen LogP contribution < -0.4 is 5.32 Å². The van der Waals surface area contributed by atoms with E-state index in [0.29, 0.717) is 0 Å². The number of nitrogens with zero attached hydrogens (tertiary/aromatic N) is 2. The van der Waals surface area contributed by atoms with Crippen LogP contribution in [-0.4, -0.2) is 56.1 Å². The lowest BCUT2D eigenvalue weighted by Gasteiger charge is -2.30. The molecule has 16 heavy (non-hydrogen) atoms. The number of amides is 2. The minimum absolute atomic E-state index is 0.116. The number of hydrogen-bond acceptors (Lipinski definition) is 2. The van der Waals surface area contributed by atoms with E-state index in [4.69, 9.17) is 0 Å². The summed E-state index contributed by atoms with van der Waals surface area (Å²) >= 11 is 0. The van der Waals surface area contributed by atoms with Crippen LogP contribution in [0.3, 0.4) is 0 Å². The maximum Gasteiger partial charge on any atom is 0.317 e. The van der Waals surface area contributed by atoms with Gasteiger partial charge in [-0.25, -0.2) is 4.79 Å². The van der Waals surface area contributed by atoms with Gasteiger partial charge in [0, 0.05) is 19.6 Å². The van der Waals surface area contributed by atoms with Gasteiger partial charge >= 0.3 is 6.03 Å². The Labute approximate surface area is 99.0 Å². The van der Waals surface area contributed by atoms with Crippen molar-refractivity contribution in [3.8, 4) is 0 Å². The number of piperidine rings is 1. The van der Waals surface area contributed by atoms with Crippen LogP contribution >= 0.6 is 0 Å². The molecule has 0 spiro atoms. The van der Waals surface area contributed by atoms with Crippen LogP contribution in [0.25, 0.3) is 0 Å². The number of rotatable bonds is 4. The number of hydrogen-bond donors (Lipinski definition) is 1. The fraction of sp³-hybridized carbons (Fsp3) is 0.917. The molecule has 1 aliphatic rings. The monoisotopic (exact) mass is 227 g/mol. The third-order valence-electron chi connectivity index (χ3n) is 3.13. The van der Waals surface area contributed by atoms with Gasteiger partial charge in [0.25, 0.3) is 0 Å². The van der Waals surface area contributed by atoms with E-state index in [2.05, 4.69) is 17.1 Å². The second-order valence-electron chi connectivity index (χ2n) is 5.06. The molecule has 94 valence electrons. The summed E-state index contributed by atoms with van der Waals surface area (Å²) in [5.74, 6) is 0.776. The average molecular weight is 227 g/mol. The summed E-state index contributed by atoms with van der Waals surface area (Å²) in [6.07, 6.45) is 3.30. The van der Waals surface area contributed by atoms with Gasteiger partial charge in [-0.05, 0) is 45.8 Å². The molecular formula is C12H25N3O. The summed E-state index contributed by atoms with van der Waals surface area (Å²) in [7, 11) is 4.10. The zero-order chi connectivity index (χ0) is 12.0. The maximum atomic E-state index is 11.8. The van der Waals surface area contributed by atoms with E-state index in [1.54, 1.807) is 0 Å². The molecule has 0 aromatic rings. The van der Waals surface area contributed by atoms with Crippen molar-refractivity contribution in [2.24, 2.45) is 5.92 Å². The van der Waals surface area contributed by atoms with Crippen LogP contribution in [0.4, 0.5) is 4.79 Å². The van der Waals surface area contributed by atoms with Gasteiger partial charge < -0.3 is 15.1 Å². The van der Waals surface area contributed by atoms with Gasteiger partial charge in [0.1, 0.15) is 0 Å². The van der Waals surface area contributed by atoms with Crippen LogP contribution in [0.2, 0.25) is 0 Å². The van der Waals surface area contributed by atoms with Crippen LogP contribution in [0, 0.1) is 5.92 Å². The molecule has 0 radical (unpaired) electrons. The number of nitrogens with one attached hydrogen (secondary N) is 1. The molecule has 0 aromatic carbocycles. The zero-order valence-corrected chi connectivity index (χ0v) is 10.8. The Morgan fingerprint density at radius 2 is 2.00 bits per heavy atom. The fourth-order valence-corrected chi connectivity index (χ4v) is 1.91. The normalized spacial score (nSPS) is 17.9. The first-order valence-electron chi connectivity index (χ1n) is 6.27. The Kier molecular flexibility index (Phi) is 5.60. The summed E-state index contributed by atoms with van der Waals surface area (Å²) < 4.78 is 0. The molecule has 0 atom stereocenters.